The monoisotopic (exact) mass is 367 g/mol. The minimum Gasteiger partial charge on any atom is -0.273 e. The normalized spacial score (nSPS) is 11.3. The van der Waals surface area contributed by atoms with Crippen LogP contribution in [-0.2, 0) is 6.54 Å². The Morgan fingerprint density at radius 1 is 0.893 bits per heavy atom. The average Bonchev–Trinajstić information content (AvgIpc) is 3.19. The third kappa shape index (κ3) is 2.68. The van der Waals surface area contributed by atoms with E-state index in [9.17, 15) is 4.79 Å². The summed E-state index contributed by atoms with van der Waals surface area (Å²) >= 11 is 0. The van der Waals surface area contributed by atoms with Crippen LogP contribution in [0.5, 0.6) is 0 Å². The smallest absolute Gasteiger partial charge is 0.273 e. The summed E-state index contributed by atoms with van der Waals surface area (Å²) in [6.45, 7) is 2.55. The summed E-state index contributed by atoms with van der Waals surface area (Å²) in [5.41, 5.74) is 4.66. The Morgan fingerprint density at radius 2 is 1.61 bits per heavy atom. The summed E-state index contributed by atoms with van der Waals surface area (Å²) < 4.78 is 3.25. The van der Waals surface area contributed by atoms with Gasteiger partial charge in [0.1, 0.15) is 0 Å². The summed E-state index contributed by atoms with van der Waals surface area (Å²) in [5.74, 6) is 0.677. The molecule has 5 nitrogen and oxygen atoms in total. The molecule has 0 saturated heterocycles. The predicted octanol–water partition coefficient (Wildman–Crippen LogP) is 3.49. The fraction of sp³-hybridized carbons (Fsp3) is 0.0870. The van der Waals surface area contributed by atoms with E-state index in [1.54, 1.807) is 4.57 Å². The largest absolute Gasteiger partial charge is 0.423 e. The molecule has 0 spiro atoms. The molecule has 0 aliphatic carbocycles. The molecule has 0 aliphatic heterocycles. The van der Waals surface area contributed by atoms with Crippen molar-refractivity contribution in [1.82, 2.24) is 14.2 Å². The molecule has 136 valence electrons. The van der Waals surface area contributed by atoms with Crippen molar-refractivity contribution in [2.24, 2.45) is 0 Å². The maximum atomic E-state index is 13.3. The van der Waals surface area contributed by atoms with Gasteiger partial charge in [0.05, 0.1) is 28.1 Å². The topological polar surface area (TPSA) is 53.4 Å². The van der Waals surface area contributed by atoms with Crippen molar-refractivity contribution in [3.05, 3.63) is 100 Å². The van der Waals surface area contributed by atoms with E-state index in [2.05, 4.69) is 41.3 Å². The van der Waals surface area contributed by atoms with Crippen LogP contribution in [0.25, 0.3) is 27.9 Å². The van der Waals surface area contributed by atoms with Gasteiger partial charge >= 0.3 is 11.5 Å². The van der Waals surface area contributed by atoms with E-state index in [4.69, 9.17) is 0 Å². The first kappa shape index (κ1) is 16.4. The van der Waals surface area contributed by atoms with Gasteiger partial charge in [-0.1, -0.05) is 60.2 Å². The number of aromatic nitrogens is 4. The van der Waals surface area contributed by atoms with Crippen LogP contribution < -0.4 is 10.7 Å². The second-order valence-corrected chi connectivity index (χ2v) is 6.97. The number of para-hydroxylation sites is 1. The Balaban J connectivity index is 1.76. The van der Waals surface area contributed by atoms with Crippen molar-refractivity contribution in [2.45, 2.75) is 13.5 Å². The van der Waals surface area contributed by atoms with Crippen molar-refractivity contribution in [2.75, 3.05) is 0 Å². The Kier molecular flexibility index (Phi) is 3.79. The Bertz CT molecular complexity index is 1350. The highest BCUT2D eigenvalue weighted by molar-refractivity contribution is 5.90. The number of aromatic amines is 1. The molecule has 0 aliphatic rings. The highest BCUT2D eigenvalue weighted by Crippen LogP contribution is 2.19. The Hall–Kier alpha value is -3.73. The molecule has 5 rings (SSSR count). The van der Waals surface area contributed by atoms with E-state index in [-0.39, 0.29) is 5.69 Å². The van der Waals surface area contributed by atoms with E-state index in [1.165, 1.54) is 10.1 Å². The van der Waals surface area contributed by atoms with E-state index in [1.807, 2.05) is 54.6 Å². The van der Waals surface area contributed by atoms with Gasteiger partial charge in [-0.15, -0.1) is 0 Å². The fourth-order valence-electron chi connectivity index (χ4n) is 3.54. The molecule has 5 heteroatoms. The van der Waals surface area contributed by atoms with Crippen molar-refractivity contribution >= 4 is 16.6 Å². The number of fused-ring (bicyclic) bond motifs is 3. The van der Waals surface area contributed by atoms with Gasteiger partial charge in [0.15, 0.2) is 0 Å². The first-order chi connectivity index (χ1) is 13.7. The van der Waals surface area contributed by atoms with Crippen LogP contribution in [0, 0.1) is 6.92 Å². The van der Waals surface area contributed by atoms with Crippen LogP contribution in [0.2, 0.25) is 0 Å². The molecule has 0 bridgehead atoms. The van der Waals surface area contributed by atoms with Crippen molar-refractivity contribution in [1.29, 1.82) is 0 Å². The summed E-state index contributed by atoms with van der Waals surface area (Å²) in [5, 5.41) is 5.54. The van der Waals surface area contributed by atoms with Gasteiger partial charge in [0.2, 0.25) is 0 Å². The van der Waals surface area contributed by atoms with Crippen molar-refractivity contribution < 1.29 is 4.98 Å². The molecule has 3 aromatic carbocycles. The number of nitrogens with zero attached hydrogens (tertiary/aromatic N) is 3. The van der Waals surface area contributed by atoms with Gasteiger partial charge < -0.3 is 0 Å². The van der Waals surface area contributed by atoms with E-state index in [0.29, 0.717) is 18.0 Å². The molecule has 1 N–H and O–H groups in total. The van der Waals surface area contributed by atoms with Gasteiger partial charge in [-0.25, -0.2) is 9.78 Å². The zero-order valence-electron chi connectivity index (χ0n) is 15.5. The van der Waals surface area contributed by atoms with Crippen LogP contribution >= 0.6 is 0 Å². The lowest BCUT2D eigenvalue weighted by atomic mass is 10.1. The minimum atomic E-state index is -0.160. The SMILES string of the molecule is Cc1ccc(Cn2c(=O)n3nc(-c4ccccc4)[nH+]c3c3ccccc32)cc1. The first-order valence-electron chi connectivity index (χ1n) is 9.25. The van der Waals surface area contributed by atoms with Crippen LogP contribution in [0.3, 0.4) is 0 Å². The first-order valence-corrected chi connectivity index (χ1v) is 9.25. The molecule has 0 radical (unpaired) electrons. The number of H-pyrrole nitrogens is 1. The Labute approximate surface area is 161 Å². The molecule has 0 unspecified atom stereocenters. The lowest BCUT2D eigenvalue weighted by molar-refractivity contribution is -0.331. The lowest BCUT2D eigenvalue weighted by Gasteiger charge is -2.09. The predicted molar refractivity (Wildman–Crippen MR) is 109 cm³/mol. The molecule has 2 aromatic heterocycles. The van der Waals surface area contributed by atoms with E-state index in [0.717, 1.165) is 22.0 Å². The molecular weight excluding hydrogens is 348 g/mol. The third-order valence-corrected chi connectivity index (χ3v) is 5.02. The summed E-state index contributed by atoms with van der Waals surface area (Å²) in [7, 11) is 0. The molecule has 0 fully saturated rings. The summed E-state index contributed by atoms with van der Waals surface area (Å²) in [4.78, 5) is 16.6. The quantitative estimate of drug-likeness (QED) is 0.490. The van der Waals surface area contributed by atoms with Gasteiger partial charge in [0, 0.05) is 0 Å². The zero-order chi connectivity index (χ0) is 19.1. The molecule has 5 aromatic rings. The number of rotatable bonds is 3. The highest BCUT2D eigenvalue weighted by atomic mass is 16.2. The van der Waals surface area contributed by atoms with Crippen molar-refractivity contribution in [3.8, 4) is 11.4 Å². The summed E-state index contributed by atoms with van der Waals surface area (Å²) in [6, 6.07) is 26.0. The zero-order valence-corrected chi connectivity index (χ0v) is 15.5. The number of aryl methyl sites for hydroxylation is 1. The molecule has 2 heterocycles. The molecule has 0 saturated carbocycles. The highest BCUT2D eigenvalue weighted by Gasteiger charge is 2.22. The molecule has 0 atom stereocenters. The Morgan fingerprint density at radius 3 is 2.39 bits per heavy atom. The van der Waals surface area contributed by atoms with Crippen LogP contribution in [0.15, 0.2) is 83.7 Å². The van der Waals surface area contributed by atoms with Gasteiger partial charge in [-0.05, 0) is 41.3 Å². The van der Waals surface area contributed by atoms with E-state index < -0.39 is 0 Å². The minimum absolute atomic E-state index is 0.160. The van der Waals surface area contributed by atoms with Crippen molar-refractivity contribution in [3.63, 3.8) is 0 Å². The number of benzene rings is 3. The molecule has 0 amide bonds. The number of hydrogen-bond acceptors (Lipinski definition) is 2. The maximum Gasteiger partial charge on any atom is 0.423 e. The van der Waals surface area contributed by atoms with E-state index >= 15 is 0 Å². The maximum absolute atomic E-state index is 13.3. The molecule has 28 heavy (non-hydrogen) atoms. The lowest BCUT2D eigenvalue weighted by Crippen LogP contribution is -2.29. The van der Waals surface area contributed by atoms with Crippen LogP contribution in [0.4, 0.5) is 0 Å². The standard InChI is InChI=1S/C23H18N4O/c1-16-11-13-17(14-12-16)15-26-20-10-6-5-9-19(20)22-24-21(25-27(22)23(26)28)18-7-3-2-4-8-18/h2-14H,15H2,1H3/p+1. The number of hydrogen-bond donors (Lipinski definition) is 0. The second kappa shape index (κ2) is 6.46. The third-order valence-electron chi connectivity index (χ3n) is 5.02. The average molecular weight is 367 g/mol. The molecular formula is C23H19N4O+. The van der Waals surface area contributed by atoms with Gasteiger partial charge in [-0.2, -0.15) is 0 Å². The van der Waals surface area contributed by atoms with Gasteiger partial charge in [0.25, 0.3) is 5.65 Å². The van der Waals surface area contributed by atoms with Crippen LogP contribution in [-0.4, -0.2) is 14.2 Å². The fourth-order valence-corrected chi connectivity index (χ4v) is 3.54. The van der Waals surface area contributed by atoms with Crippen LogP contribution in [0.1, 0.15) is 11.1 Å². The number of nitrogens with one attached hydrogen (secondary N) is 1. The second-order valence-electron chi connectivity index (χ2n) is 6.97. The van der Waals surface area contributed by atoms with Gasteiger partial charge in [-0.3, -0.25) is 4.57 Å². The summed E-state index contributed by atoms with van der Waals surface area (Å²) in [6.07, 6.45) is 0.